The predicted molar refractivity (Wildman–Crippen MR) is 111 cm³/mol. The van der Waals surface area contributed by atoms with Crippen LogP contribution in [0.4, 0.5) is 0 Å². The van der Waals surface area contributed by atoms with E-state index in [1.54, 1.807) is 0 Å². The van der Waals surface area contributed by atoms with E-state index in [0.29, 0.717) is 6.42 Å². The molecule has 1 rings (SSSR count). The van der Waals surface area contributed by atoms with Crippen molar-refractivity contribution in [2.24, 2.45) is 0 Å². The molecular formula is C23H36O5. The van der Waals surface area contributed by atoms with E-state index in [9.17, 15) is 9.59 Å². The summed E-state index contributed by atoms with van der Waals surface area (Å²) in [5.74, 6) is -0.553. The van der Waals surface area contributed by atoms with Crippen LogP contribution in [-0.4, -0.2) is 28.8 Å². The molecule has 0 aromatic heterocycles. The summed E-state index contributed by atoms with van der Waals surface area (Å²) in [6.07, 6.45) is 11.0. The molecule has 2 N–H and O–H groups in total. The fourth-order valence-electron chi connectivity index (χ4n) is 3.25. The molecule has 0 spiro atoms. The first-order valence-electron chi connectivity index (χ1n) is 10.7. The van der Waals surface area contributed by atoms with Gasteiger partial charge in [0.1, 0.15) is 5.75 Å². The Morgan fingerprint density at radius 1 is 0.786 bits per heavy atom. The third kappa shape index (κ3) is 11.6. The highest BCUT2D eigenvalue weighted by atomic mass is 16.5. The van der Waals surface area contributed by atoms with Crippen LogP contribution in [0.5, 0.6) is 5.75 Å². The lowest BCUT2D eigenvalue weighted by Crippen LogP contribution is -2.01. The topological polar surface area (TPSA) is 83.8 Å². The van der Waals surface area contributed by atoms with E-state index in [2.05, 4.69) is 19.1 Å². The minimum Gasteiger partial charge on any atom is -0.494 e. The molecule has 0 unspecified atom stereocenters. The maximum Gasteiger partial charge on any atom is 0.303 e. The Morgan fingerprint density at radius 2 is 1.39 bits per heavy atom. The van der Waals surface area contributed by atoms with Crippen molar-refractivity contribution in [1.29, 1.82) is 0 Å². The van der Waals surface area contributed by atoms with Gasteiger partial charge in [-0.05, 0) is 68.2 Å². The van der Waals surface area contributed by atoms with Gasteiger partial charge in [0.25, 0.3) is 0 Å². The number of carbonyl (C=O) groups is 2. The summed E-state index contributed by atoms with van der Waals surface area (Å²) in [5, 5.41) is 17.5. The molecule has 0 atom stereocenters. The fourth-order valence-corrected chi connectivity index (χ4v) is 3.25. The largest absolute Gasteiger partial charge is 0.494 e. The first kappa shape index (κ1) is 24.0. The summed E-state index contributed by atoms with van der Waals surface area (Å²) in [5.41, 5.74) is 2.58. The van der Waals surface area contributed by atoms with Crippen LogP contribution in [0.2, 0.25) is 0 Å². The number of benzene rings is 1. The normalized spacial score (nSPS) is 10.8. The summed E-state index contributed by atoms with van der Waals surface area (Å²) < 4.78 is 5.89. The second kappa shape index (κ2) is 14.9. The molecule has 0 aliphatic rings. The van der Waals surface area contributed by atoms with Gasteiger partial charge in [-0.1, -0.05) is 38.7 Å². The molecular weight excluding hydrogens is 356 g/mol. The number of unbranched alkanes of at least 4 members (excludes halogenated alkanes) is 6. The Labute approximate surface area is 169 Å². The molecule has 5 heteroatoms. The molecule has 1 aromatic rings. The zero-order chi connectivity index (χ0) is 20.6. The van der Waals surface area contributed by atoms with Crippen LogP contribution in [0.3, 0.4) is 0 Å². The van der Waals surface area contributed by atoms with Crippen LogP contribution >= 0.6 is 0 Å². The number of ether oxygens (including phenoxy) is 1. The maximum absolute atomic E-state index is 10.6. The van der Waals surface area contributed by atoms with Gasteiger partial charge in [0.15, 0.2) is 0 Å². The second-order valence-electron chi connectivity index (χ2n) is 7.39. The van der Waals surface area contributed by atoms with Gasteiger partial charge in [-0.3, -0.25) is 9.59 Å². The maximum atomic E-state index is 10.6. The smallest absolute Gasteiger partial charge is 0.303 e. The van der Waals surface area contributed by atoms with E-state index in [0.717, 1.165) is 63.7 Å². The van der Waals surface area contributed by atoms with E-state index >= 15 is 0 Å². The van der Waals surface area contributed by atoms with Gasteiger partial charge in [-0.15, -0.1) is 0 Å². The average molecular weight is 393 g/mol. The quantitative estimate of drug-likeness (QED) is 0.336. The fraction of sp³-hybridized carbons (Fsp3) is 0.652. The monoisotopic (exact) mass is 392 g/mol. The number of hydrogen-bond acceptors (Lipinski definition) is 3. The highest BCUT2D eigenvalue weighted by molar-refractivity contribution is 5.66. The lowest BCUT2D eigenvalue weighted by atomic mass is 9.96. The molecule has 0 aliphatic heterocycles. The molecule has 1 aromatic carbocycles. The molecule has 0 heterocycles. The highest BCUT2D eigenvalue weighted by Gasteiger charge is 2.07. The van der Waals surface area contributed by atoms with Crippen LogP contribution in [0, 0.1) is 0 Å². The summed E-state index contributed by atoms with van der Waals surface area (Å²) >= 11 is 0. The lowest BCUT2D eigenvalue weighted by molar-refractivity contribution is -0.138. The molecule has 5 nitrogen and oxygen atoms in total. The second-order valence-corrected chi connectivity index (χ2v) is 7.39. The van der Waals surface area contributed by atoms with Gasteiger partial charge < -0.3 is 14.9 Å². The Bertz CT molecular complexity index is 582. The molecule has 0 saturated heterocycles. The molecule has 28 heavy (non-hydrogen) atoms. The van der Waals surface area contributed by atoms with Crippen molar-refractivity contribution in [2.75, 3.05) is 6.61 Å². The third-order valence-electron chi connectivity index (χ3n) is 4.87. The third-order valence-corrected chi connectivity index (χ3v) is 4.87. The number of carboxylic acid groups (broad SMARTS) is 2. The van der Waals surface area contributed by atoms with Crippen molar-refractivity contribution in [3.63, 3.8) is 0 Å². The average Bonchev–Trinajstić information content (AvgIpc) is 2.65. The van der Waals surface area contributed by atoms with Crippen molar-refractivity contribution >= 4 is 11.9 Å². The number of aryl methyl sites for hydroxylation is 2. The zero-order valence-electron chi connectivity index (χ0n) is 17.3. The minimum absolute atomic E-state index is 0.233. The van der Waals surface area contributed by atoms with E-state index in [4.69, 9.17) is 14.9 Å². The van der Waals surface area contributed by atoms with Crippen LogP contribution < -0.4 is 4.74 Å². The van der Waals surface area contributed by atoms with Crippen LogP contribution in [0.25, 0.3) is 0 Å². The molecule has 158 valence electrons. The SMILES string of the molecule is CCCCCOc1ccc(CCCCCC(=O)O)c(CCCCCC(=O)O)c1. The molecule has 0 bridgehead atoms. The van der Waals surface area contributed by atoms with E-state index in [1.165, 1.54) is 24.0 Å². The van der Waals surface area contributed by atoms with Crippen molar-refractivity contribution in [3.8, 4) is 5.75 Å². The number of hydrogen-bond donors (Lipinski definition) is 2. The molecule has 0 fully saturated rings. The lowest BCUT2D eigenvalue weighted by Gasteiger charge is -2.13. The number of rotatable bonds is 17. The first-order valence-corrected chi connectivity index (χ1v) is 10.7. The van der Waals surface area contributed by atoms with Gasteiger partial charge >= 0.3 is 11.9 Å². The Kier molecular flexibility index (Phi) is 12.8. The van der Waals surface area contributed by atoms with Crippen molar-refractivity contribution < 1.29 is 24.5 Å². The van der Waals surface area contributed by atoms with Gasteiger partial charge in [-0.25, -0.2) is 0 Å². The summed E-state index contributed by atoms with van der Waals surface area (Å²) in [6, 6.07) is 6.31. The van der Waals surface area contributed by atoms with Crippen molar-refractivity contribution in [2.45, 2.75) is 90.4 Å². The van der Waals surface area contributed by atoms with Crippen LogP contribution in [-0.2, 0) is 22.4 Å². The van der Waals surface area contributed by atoms with E-state index in [1.807, 2.05) is 6.07 Å². The van der Waals surface area contributed by atoms with E-state index in [-0.39, 0.29) is 12.8 Å². The standard InChI is InChI=1S/C23H36O5/c1-2-3-10-17-28-21-16-15-19(11-6-4-8-13-22(24)25)20(18-21)12-7-5-9-14-23(26)27/h15-16,18H,2-14,17H2,1H3,(H,24,25)(H,26,27). The molecule has 0 amide bonds. The van der Waals surface area contributed by atoms with Crippen molar-refractivity contribution in [1.82, 2.24) is 0 Å². The summed E-state index contributed by atoms with van der Waals surface area (Å²) in [6.45, 7) is 2.91. The first-order chi connectivity index (χ1) is 13.5. The predicted octanol–water partition coefficient (Wildman–Crippen LogP) is 5.63. The minimum atomic E-state index is -0.732. The molecule has 0 saturated carbocycles. The summed E-state index contributed by atoms with van der Waals surface area (Å²) in [4.78, 5) is 21.3. The molecule has 0 radical (unpaired) electrons. The van der Waals surface area contributed by atoms with Crippen molar-refractivity contribution in [3.05, 3.63) is 29.3 Å². The van der Waals surface area contributed by atoms with Crippen LogP contribution in [0.1, 0.15) is 88.7 Å². The highest BCUT2D eigenvalue weighted by Crippen LogP contribution is 2.23. The van der Waals surface area contributed by atoms with E-state index < -0.39 is 11.9 Å². The molecule has 0 aliphatic carbocycles. The summed E-state index contributed by atoms with van der Waals surface area (Å²) in [7, 11) is 0. The zero-order valence-corrected chi connectivity index (χ0v) is 17.3. The van der Waals surface area contributed by atoms with Gasteiger partial charge in [0, 0.05) is 12.8 Å². The number of carboxylic acids is 2. The van der Waals surface area contributed by atoms with Gasteiger partial charge in [-0.2, -0.15) is 0 Å². The Morgan fingerprint density at radius 3 is 1.96 bits per heavy atom. The van der Waals surface area contributed by atoms with Gasteiger partial charge in [0.2, 0.25) is 0 Å². The Balaban J connectivity index is 2.57. The van der Waals surface area contributed by atoms with Gasteiger partial charge in [0.05, 0.1) is 6.61 Å². The Hall–Kier alpha value is -2.04. The number of aliphatic carboxylic acids is 2. The van der Waals surface area contributed by atoms with Crippen LogP contribution in [0.15, 0.2) is 18.2 Å².